The van der Waals surface area contributed by atoms with Gasteiger partial charge in [-0.2, -0.15) is 4.68 Å². The molecule has 2 amide bonds. The van der Waals surface area contributed by atoms with Crippen molar-refractivity contribution in [3.05, 3.63) is 54.1 Å². The molecule has 0 aliphatic heterocycles. The van der Waals surface area contributed by atoms with Gasteiger partial charge in [-0.1, -0.05) is 17.8 Å². The first kappa shape index (κ1) is 22.6. The van der Waals surface area contributed by atoms with E-state index in [1.54, 1.807) is 24.3 Å². The van der Waals surface area contributed by atoms with E-state index in [-0.39, 0.29) is 34.5 Å². The molecule has 172 valence electrons. The molecular formula is C20H17F3N6O3S. The maximum atomic E-state index is 12.4. The van der Waals surface area contributed by atoms with Gasteiger partial charge in [0.25, 0.3) is 5.91 Å². The van der Waals surface area contributed by atoms with Crippen molar-refractivity contribution in [3.63, 3.8) is 0 Å². The van der Waals surface area contributed by atoms with Crippen LogP contribution in [0, 0.1) is 0 Å². The number of nitrogens with one attached hydrogen (secondary N) is 2. The minimum absolute atomic E-state index is 0.0336. The monoisotopic (exact) mass is 478 g/mol. The fraction of sp³-hybridized carbons (Fsp3) is 0.250. The van der Waals surface area contributed by atoms with Crippen LogP contribution >= 0.6 is 11.8 Å². The zero-order valence-electron chi connectivity index (χ0n) is 16.9. The average molecular weight is 478 g/mol. The molecule has 1 saturated carbocycles. The molecule has 0 bridgehead atoms. The summed E-state index contributed by atoms with van der Waals surface area (Å²) >= 11 is 1.04. The number of halogens is 3. The van der Waals surface area contributed by atoms with Crippen LogP contribution in [0.3, 0.4) is 0 Å². The summed E-state index contributed by atoms with van der Waals surface area (Å²) in [5, 5.41) is 17.1. The molecular weight excluding hydrogens is 461 g/mol. The molecule has 0 spiro atoms. The number of ether oxygens (including phenoxy) is 1. The summed E-state index contributed by atoms with van der Waals surface area (Å²) in [7, 11) is 0. The number of carbonyl (C=O) groups is 2. The van der Waals surface area contributed by atoms with Gasteiger partial charge in [-0.05, 0) is 65.7 Å². The Morgan fingerprint density at radius 3 is 2.61 bits per heavy atom. The van der Waals surface area contributed by atoms with Crippen molar-refractivity contribution in [2.45, 2.75) is 30.4 Å². The Morgan fingerprint density at radius 1 is 1.15 bits per heavy atom. The fourth-order valence-electron chi connectivity index (χ4n) is 2.78. The minimum atomic E-state index is -4.79. The predicted octanol–water partition coefficient (Wildman–Crippen LogP) is 3.18. The first-order valence-electron chi connectivity index (χ1n) is 9.75. The summed E-state index contributed by atoms with van der Waals surface area (Å²) in [4.78, 5) is 24.5. The predicted molar refractivity (Wildman–Crippen MR) is 112 cm³/mol. The van der Waals surface area contributed by atoms with Crippen molar-refractivity contribution in [2.75, 3.05) is 11.1 Å². The number of carbonyl (C=O) groups excluding carboxylic acids is 2. The first-order valence-corrected chi connectivity index (χ1v) is 10.7. The average Bonchev–Trinajstić information content (AvgIpc) is 3.45. The third-order valence-corrected chi connectivity index (χ3v) is 5.33. The van der Waals surface area contributed by atoms with E-state index < -0.39 is 6.36 Å². The van der Waals surface area contributed by atoms with Crippen molar-refractivity contribution in [3.8, 4) is 11.4 Å². The smallest absolute Gasteiger partial charge is 0.406 e. The number of amides is 2. The molecule has 33 heavy (non-hydrogen) atoms. The molecule has 1 aliphatic rings. The van der Waals surface area contributed by atoms with Gasteiger partial charge in [-0.15, -0.1) is 18.3 Å². The highest BCUT2D eigenvalue weighted by Crippen LogP contribution is 2.25. The van der Waals surface area contributed by atoms with E-state index in [1.165, 1.54) is 16.8 Å². The van der Waals surface area contributed by atoms with Crippen LogP contribution in [0.2, 0.25) is 0 Å². The fourth-order valence-corrected chi connectivity index (χ4v) is 3.47. The molecule has 0 saturated heterocycles. The zero-order valence-corrected chi connectivity index (χ0v) is 17.7. The Bertz CT molecular complexity index is 1150. The summed E-state index contributed by atoms with van der Waals surface area (Å²) in [5.41, 5.74) is 1.32. The van der Waals surface area contributed by atoms with Crippen LogP contribution in [0.4, 0.5) is 18.9 Å². The molecule has 13 heteroatoms. The zero-order chi connectivity index (χ0) is 23.4. The van der Waals surface area contributed by atoms with Gasteiger partial charge in [0.05, 0.1) is 11.4 Å². The Hall–Kier alpha value is -3.61. The topological polar surface area (TPSA) is 111 Å². The van der Waals surface area contributed by atoms with Crippen molar-refractivity contribution in [2.24, 2.45) is 0 Å². The molecule has 0 radical (unpaired) electrons. The second-order valence-electron chi connectivity index (χ2n) is 7.08. The highest BCUT2D eigenvalue weighted by Gasteiger charge is 2.31. The lowest BCUT2D eigenvalue weighted by molar-refractivity contribution is -0.274. The van der Waals surface area contributed by atoms with Crippen LogP contribution < -0.4 is 15.4 Å². The van der Waals surface area contributed by atoms with Gasteiger partial charge in [-0.25, -0.2) is 0 Å². The Kier molecular flexibility index (Phi) is 6.49. The van der Waals surface area contributed by atoms with Gasteiger partial charge in [0.2, 0.25) is 11.1 Å². The summed E-state index contributed by atoms with van der Waals surface area (Å²) in [5.74, 6) is -0.938. The van der Waals surface area contributed by atoms with Crippen molar-refractivity contribution in [1.82, 2.24) is 25.5 Å². The molecule has 1 heterocycles. The number of benzene rings is 2. The number of thioether (sulfide) groups is 1. The number of alkyl halides is 3. The molecule has 3 aromatic rings. The molecule has 4 rings (SSSR count). The second-order valence-corrected chi connectivity index (χ2v) is 8.02. The van der Waals surface area contributed by atoms with Gasteiger partial charge in [0.15, 0.2) is 0 Å². The third kappa shape index (κ3) is 6.44. The molecule has 0 atom stereocenters. The number of aromatic nitrogens is 4. The van der Waals surface area contributed by atoms with Crippen LogP contribution in [0.1, 0.15) is 23.2 Å². The van der Waals surface area contributed by atoms with Crippen LogP contribution in [0.15, 0.2) is 53.7 Å². The van der Waals surface area contributed by atoms with Gasteiger partial charge in [0.1, 0.15) is 5.75 Å². The van der Waals surface area contributed by atoms with E-state index in [0.717, 1.165) is 36.7 Å². The van der Waals surface area contributed by atoms with Crippen molar-refractivity contribution in [1.29, 1.82) is 0 Å². The van der Waals surface area contributed by atoms with Gasteiger partial charge >= 0.3 is 6.36 Å². The lowest BCUT2D eigenvalue weighted by Gasteiger charge is -2.10. The van der Waals surface area contributed by atoms with E-state index in [4.69, 9.17) is 0 Å². The van der Waals surface area contributed by atoms with Crippen molar-refractivity contribution >= 4 is 29.3 Å². The Balaban J connectivity index is 1.34. The van der Waals surface area contributed by atoms with Gasteiger partial charge in [0, 0.05) is 17.3 Å². The van der Waals surface area contributed by atoms with E-state index in [0.29, 0.717) is 16.9 Å². The third-order valence-electron chi connectivity index (χ3n) is 4.41. The number of nitrogens with zero attached hydrogens (tertiary/aromatic N) is 4. The molecule has 2 aromatic carbocycles. The van der Waals surface area contributed by atoms with Crippen molar-refractivity contribution < 1.29 is 27.5 Å². The summed E-state index contributed by atoms with van der Waals surface area (Å²) in [6.07, 6.45) is -2.83. The highest BCUT2D eigenvalue weighted by molar-refractivity contribution is 7.99. The van der Waals surface area contributed by atoms with Gasteiger partial charge in [-0.3, -0.25) is 9.59 Å². The summed E-state index contributed by atoms with van der Waals surface area (Å²) in [6.45, 7) is 0. The summed E-state index contributed by atoms with van der Waals surface area (Å²) < 4.78 is 42.0. The van der Waals surface area contributed by atoms with Crippen LogP contribution in [0.5, 0.6) is 5.75 Å². The van der Waals surface area contributed by atoms with E-state index in [2.05, 4.69) is 30.9 Å². The number of hydrogen-bond acceptors (Lipinski definition) is 7. The molecule has 9 nitrogen and oxygen atoms in total. The normalized spacial score (nSPS) is 13.4. The standard InChI is InChI=1S/C20H17F3N6O3S/c21-20(22,23)32-16-8-6-15(7-9-16)29-19(26-27-28-29)33-11-17(30)24-14-3-1-2-12(10-14)18(31)25-13-4-5-13/h1-3,6-10,13H,4-5,11H2,(H,24,30)(H,25,31). The van der Waals surface area contributed by atoms with E-state index in [1.807, 2.05) is 0 Å². The number of hydrogen-bond donors (Lipinski definition) is 2. The number of anilines is 1. The lowest BCUT2D eigenvalue weighted by Crippen LogP contribution is -2.25. The van der Waals surface area contributed by atoms with E-state index in [9.17, 15) is 22.8 Å². The maximum absolute atomic E-state index is 12.4. The molecule has 0 unspecified atom stereocenters. The molecule has 2 N–H and O–H groups in total. The summed E-state index contributed by atoms with van der Waals surface area (Å²) in [6, 6.07) is 11.8. The second kappa shape index (κ2) is 9.48. The SMILES string of the molecule is O=C(CSc1nnnn1-c1ccc(OC(F)(F)F)cc1)Nc1cccc(C(=O)NC2CC2)c1. The van der Waals surface area contributed by atoms with Crippen LogP contribution in [-0.2, 0) is 4.79 Å². The molecule has 1 fully saturated rings. The van der Waals surface area contributed by atoms with Crippen LogP contribution in [-0.4, -0.2) is 50.2 Å². The largest absolute Gasteiger partial charge is 0.573 e. The van der Waals surface area contributed by atoms with E-state index >= 15 is 0 Å². The first-order chi connectivity index (χ1) is 15.8. The number of rotatable bonds is 8. The number of tetrazole rings is 1. The quantitative estimate of drug-likeness (QED) is 0.479. The molecule has 1 aromatic heterocycles. The van der Waals surface area contributed by atoms with Gasteiger partial charge < -0.3 is 15.4 Å². The molecule has 1 aliphatic carbocycles. The highest BCUT2D eigenvalue weighted by atomic mass is 32.2. The Morgan fingerprint density at radius 2 is 1.91 bits per heavy atom. The minimum Gasteiger partial charge on any atom is -0.406 e. The maximum Gasteiger partial charge on any atom is 0.573 e. The lowest BCUT2D eigenvalue weighted by atomic mass is 10.2. The van der Waals surface area contributed by atoms with Crippen LogP contribution in [0.25, 0.3) is 5.69 Å². The Labute approximate surface area is 189 Å².